The zero-order valence-electron chi connectivity index (χ0n) is 14.4. The molecule has 8 heteroatoms. The van der Waals surface area contributed by atoms with Gasteiger partial charge in [0.1, 0.15) is 5.69 Å². The smallest absolute Gasteiger partial charge is 0.136 e. The van der Waals surface area contributed by atoms with Gasteiger partial charge in [-0.1, -0.05) is 17.4 Å². The Morgan fingerprint density at radius 3 is 2.84 bits per heavy atom. The number of aromatic nitrogens is 7. The lowest BCUT2D eigenvalue weighted by Gasteiger charge is -2.09. The van der Waals surface area contributed by atoms with Crippen LogP contribution in [0.1, 0.15) is 36.8 Å². The Labute approximate surface area is 160 Å². The minimum atomic E-state index is 0.607. The molecule has 3 aromatic heterocycles. The fourth-order valence-corrected chi connectivity index (χ4v) is 3.63. The predicted molar refractivity (Wildman–Crippen MR) is 102 cm³/mol. The molecule has 25 heavy (non-hydrogen) atoms. The molecule has 0 N–H and O–H groups in total. The Morgan fingerprint density at radius 2 is 2.08 bits per heavy atom. The molecule has 1 aliphatic rings. The minimum absolute atomic E-state index is 0.607. The molecule has 0 saturated heterocycles. The van der Waals surface area contributed by atoms with Gasteiger partial charge in [0.25, 0.3) is 0 Å². The van der Waals surface area contributed by atoms with E-state index in [1.165, 1.54) is 22.1 Å². The Hall–Kier alpha value is -1.84. The number of rotatable bonds is 6. The van der Waals surface area contributed by atoms with E-state index >= 15 is 0 Å². The Bertz CT molecular complexity index is 894. The third-order valence-corrected chi connectivity index (χ3v) is 5.61. The van der Waals surface area contributed by atoms with Crippen LogP contribution in [0.15, 0.2) is 18.3 Å². The molecule has 1 aliphatic carbocycles. The molecule has 0 unspecified atom stereocenters. The summed E-state index contributed by atoms with van der Waals surface area (Å²) < 4.78 is 4.95. The molecule has 4 rings (SSSR count). The molecule has 3 heterocycles. The molecule has 0 bridgehead atoms. The molecule has 3 aromatic rings. The first kappa shape index (κ1) is 16.6. The highest BCUT2D eigenvalue weighted by molar-refractivity contribution is 14.1. The maximum absolute atomic E-state index is 4.78. The van der Waals surface area contributed by atoms with Gasteiger partial charge in [-0.15, -0.1) is 10.2 Å². The molecule has 0 aliphatic heterocycles. The van der Waals surface area contributed by atoms with Crippen molar-refractivity contribution in [3.8, 4) is 11.4 Å². The van der Waals surface area contributed by atoms with E-state index in [0.29, 0.717) is 6.54 Å². The van der Waals surface area contributed by atoms with Gasteiger partial charge in [0.2, 0.25) is 0 Å². The van der Waals surface area contributed by atoms with Crippen LogP contribution in [0.25, 0.3) is 11.4 Å². The van der Waals surface area contributed by atoms with Crippen LogP contribution in [0.4, 0.5) is 0 Å². The van der Waals surface area contributed by atoms with Crippen molar-refractivity contribution in [2.75, 3.05) is 0 Å². The number of halogens is 1. The molecule has 130 valence electrons. The van der Waals surface area contributed by atoms with Crippen LogP contribution < -0.4 is 0 Å². The summed E-state index contributed by atoms with van der Waals surface area (Å²) in [5.41, 5.74) is 4.95. The van der Waals surface area contributed by atoms with Crippen LogP contribution in [0.5, 0.6) is 0 Å². The Balaban J connectivity index is 1.67. The van der Waals surface area contributed by atoms with E-state index < -0.39 is 0 Å². The molecule has 0 radical (unpaired) electrons. The SMILES string of the molecule is CCc1nc(-c2nnn(C)c2Cn2nncc2CC2CC2)ccc1I. The maximum Gasteiger partial charge on any atom is 0.136 e. The molecular formula is C17H20IN7. The van der Waals surface area contributed by atoms with Gasteiger partial charge < -0.3 is 0 Å². The van der Waals surface area contributed by atoms with Crippen molar-refractivity contribution in [1.29, 1.82) is 0 Å². The highest BCUT2D eigenvalue weighted by atomic mass is 127. The van der Waals surface area contributed by atoms with E-state index in [2.05, 4.69) is 56.2 Å². The molecule has 0 spiro atoms. The zero-order valence-corrected chi connectivity index (χ0v) is 16.5. The van der Waals surface area contributed by atoms with Gasteiger partial charge in [-0.2, -0.15) is 0 Å². The fraction of sp³-hybridized carbons (Fsp3) is 0.471. The molecule has 1 saturated carbocycles. The lowest BCUT2D eigenvalue weighted by Crippen LogP contribution is -2.11. The number of hydrogen-bond donors (Lipinski definition) is 0. The van der Waals surface area contributed by atoms with Gasteiger partial charge >= 0.3 is 0 Å². The third-order valence-electron chi connectivity index (χ3n) is 4.63. The highest BCUT2D eigenvalue weighted by Crippen LogP contribution is 2.32. The van der Waals surface area contributed by atoms with E-state index in [0.717, 1.165) is 41.5 Å². The summed E-state index contributed by atoms with van der Waals surface area (Å²) >= 11 is 2.32. The summed E-state index contributed by atoms with van der Waals surface area (Å²) in [6.45, 7) is 2.72. The number of pyridine rings is 1. The first-order valence-corrected chi connectivity index (χ1v) is 9.65. The fourth-order valence-electron chi connectivity index (χ4n) is 2.95. The number of aryl methyl sites for hydroxylation is 2. The molecule has 0 amide bonds. The minimum Gasteiger partial charge on any atom is -0.250 e. The average molecular weight is 449 g/mol. The lowest BCUT2D eigenvalue weighted by atomic mass is 10.2. The van der Waals surface area contributed by atoms with E-state index in [-0.39, 0.29) is 0 Å². The van der Waals surface area contributed by atoms with Crippen LogP contribution in [-0.4, -0.2) is 35.0 Å². The van der Waals surface area contributed by atoms with Crippen LogP contribution in [0.3, 0.4) is 0 Å². The van der Waals surface area contributed by atoms with Crippen molar-refractivity contribution in [1.82, 2.24) is 35.0 Å². The molecule has 7 nitrogen and oxygen atoms in total. The average Bonchev–Trinajstić information content (AvgIpc) is 3.21. The zero-order chi connectivity index (χ0) is 17.4. The summed E-state index contributed by atoms with van der Waals surface area (Å²) in [4.78, 5) is 4.78. The van der Waals surface area contributed by atoms with Crippen LogP contribution in [0.2, 0.25) is 0 Å². The van der Waals surface area contributed by atoms with Gasteiger partial charge in [0.15, 0.2) is 0 Å². The standard InChI is InChI=1S/C17H20IN7/c1-3-14-13(18)6-7-15(20-14)17-16(24(2)23-21-17)10-25-12(9-19-22-25)8-11-4-5-11/h6-7,9,11H,3-5,8,10H2,1-2H3. The Morgan fingerprint density at radius 1 is 1.24 bits per heavy atom. The van der Waals surface area contributed by atoms with Crippen molar-refractivity contribution < 1.29 is 0 Å². The predicted octanol–water partition coefficient (Wildman–Crippen LogP) is 2.64. The second-order valence-electron chi connectivity index (χ2n) is 6.52. The molecule has 0 atom stereocenters. The van der Waals surface area contributed by atoms with Gasteiger partial charge in [0, 0.05) is 10.6 Å². The highest BCUT2D eigenvalue weighted by Gasteiger charge is 2.24. The summed E-state index contributed by atoms with van der Waals surface area (Å²) in [6, 6.07) is 4.11. The third kappa shape index (κ3) is 3.44. The van der Waals surface area contributed by atoms with Crippen molar-refractivity contribution in [3.63, 3.8) is 0 Å². The summed E-state index contributed by atoms with van der Waals surface area (Å²) in [7, 11) is 1.91. The number of nitrogens with zero attached hydrogens (tertiary/aromatic N) is 7. The van der Waals surface area contributed by atoms with Crippen molar-refractivity contribution in [3.05, 3.63) is 39.0 Å². The van der Waals surface area contributed by atoms with E-state index in [9.17, 15) is 0 Å². The second-order valence-corrected chi connectivity index (χ2v) is 7.68. The largest absolute Gasteiger partial charge is 0.250 e. The molecule has 1 fully saturated rings. The summed E-state index contributed by atoms with van der Waals surface area (Å²) in [5.74, 6) is 0.798. The van der Waals surface area contributed by atoms with E-state index in [1.54, 1.807) is 0 Å². The molecular weight excluding hydrogens is 429 g/mol. The second kappa shape index (κ2) is 6.81. The van der Waals surface area contributed by atoms with Crippen molar-refractivity contribution >= 4 is 22.6 Å². The van der Waals surface area contributed by atoms with Crippen molar-refractivity contribution in [2.45, 2.75) is 39.2 Å². The number of hydrogen-bond acceptors (Lipinski definition) is 5. The lowest BCUT2D eigenvalue weighted by molar-refractivity contribution is 0.568. The van der Waals surface area contributed by atoms with Gasteiger partial charge in [-0.05, 0) is 66.3 Å². The van der Waals surface area contributed by atoms with E-state index in [1.807, 2.05) is 28.7 Å². The topological polar surface area (TPSA) is 74.3 Å². The Kier molecular flexibility index (Phi) is 4.53. The first-order valence-electron chi connectivity index (χ1n) is 8.57. The van der Waals surface area contributed by atoms with Crippen LogP contribution >= 0.6 is 22.6 Å². The van der Waals surface area contributed by atoms with Crippen molar-refractivity contribution in [2.24, 2.45) is 13.0 Å². The summed E-state index contributed by atoms with van der Waals surface area (Å²) in [6.07, 6.45) is 6.46. The van der Waals surface area contributed by atoms with Crippen LogP contribution in [-0.2, 0) is 26.4 Å². The monoisotopic (exact) mass is 449 g/mol. The normalized spacial score (nSPS) is 14.2. The first-order chi connectivity index (χ1) is 12.2. The quantitative estimate of drug-likeness (QED) is 0.541. The van der Waals surface area contributed by atoms with Gasteiger partial charge in [-0.25, -0.2) is 14.3 Å². The molecule has 0 aromatic carbocycles. The van der Waals surface area contributed by atoms with Crippen LogP contribution in [0, 0.1) is 9.49 Å². The van der Waals surface area contributed by atoms with E-state index in [4.69, 9.17) is 4.98 Å². The van der Waals surface area contributed by atoms with Gasteiger partial charge in [-0.3, -0.25) is 0 Å². The summed E-state index contributed by atoms with van der Waals surface area (Å²) in [5, 5.41) is 17.0. The maximum atomic E-state index is 4.78. The van der Waals surface area contributed by atoms with Gasteiger partial charge in [0.05, 0.1) is 35.5 Å².